The Balaban J connectivity index is 2.93. The first kappa shape index (κ1) is 16.3. The topological polar surface area (TPSA) is 87.2 Å². The second kappa shape index (κ2) is 7.75. The molecule has 1 rings (SSSR count). The van der Waals surface area contributed by atoms with Crippen LogP contribution >= 0.6 is 22.9 Å². The van der Waals surface area contributed by atoms with Crippen molar-refractivity contribution >= 4 is 35.2 Å². The number of rotatable bonds is 5. The van der Waals surface area contributed by atoms with Gasteiger partial charge >= 0.3 is 0 Å². The standard InChI is InChI=1S/C10H15ClN6O2S/c1-4-16(6-8-5-12-9(11)20-8)10(14-17(18)19)13-7-15(2)3/h5,7H,4,6H2,1-3H3. The number of aromatic nitrogens is 1. The summed E-state index contributed by atoms with van der Waals surface area (Å²) in [6.45, 7) is 2.80. The Kier molecular flexibility index (Phi) is 6.32. The van der Waals surface area contributed by atoms with Crippen LogP contribution in [-0.4, -0.2) is 52.8 Å². The van der Waals surface area contributed by atoms with Crippen molar-refractivity contribution in [3.63, 3.8) is 0 Å². The monoisotopic (exact) mass is 318 g/mol. The zero-order valence-corrected chi connectivity index (χ0v) is 12.9. The van der Waals surface area contributed by atoms with Crippen molar-refractivity contribution in [2.24, 2.45) is 10.1 Å². The smallest absolute Gasteiger partial charge is 0.299 e. The summed E-state index contributed by atoms with van der Waals surface area (Å²) in [5.41, 5.74) is 0. The lowest BCUT2D eigenvalue weighted by Crippen LogP contribution is -2.30. The number of hydrazone groups is 1. The van der Waals surface area contributed by atoms with E-state index in [-0.39, 0.29) is 5.96 Å². The van der Waals surface area contributed by atoms with E-state index in [1.807, 2.05) is 6.92 Å². The lowest BCUT2D eigenvalue weighted by Gasteiger charge is -2.18. The molecule has 0 atom stereocenters. The first-order valence-corrected chi connectivity index (χ1v) is 6.90. The zero-order valence-electron chi connectivity index (χ0n) is 11.4. The van der Waals surface area contributed by atoms with Crippen LogP contribution in [0.25, 0.3) is 0 Å². The molecule has 110 valence electrons. The Morgan fingerprint density at radius 3 is 2.80 bits per heavy atom. The number of guanidine groups is 1. The molecule has 20 heavy (non-hydrogen) atoms. The average molecular weight is 319 g/mol. The Bertz CT molecular complexity index is 516. The van der Waals surface area contributed by atoms with Crippen molar-refractivity contribution in [2.75, 3.05) is 20.6 Å². The highest BCUT2D eigenvalue weighted by molar-refractivity contribution is 7.15. The predicted molar refractivity (Wildman–Crippen MR) is 79.8 cm³/mol. The van der Waals surface area contributed by atoms with Crippen LogP contribution in [0, 0.1) is 10.1 Å². The van der Waals surface area contributed by atoms with Crippen LogP contribution in [-0.2, 0) is 6.54 Å². The van der Waals surface area contributed by atoms with Crippen molar-refractivity contribution in [2.45, 2.75) is 13.5 Å². The molecule has 1 heterocycles. The van der Waals surface area contributed by atoms with Crippen LogP contribution < -0.4 is 0 Å². The average Bonchev–Trinajstić information content (AvgIpc) is 2.76. The number of aliphatic imine (C=N–C) groups is 1. The van der Waals surface area contributed by atoms with Gasteiger partial charge in [-0.2, -0.15) is 4.99 Å². The molecule has 1 aromatic rings. The maximum absolute atomic E-state index is 10.6. The summed E-state index contributed by atoms with van der Waals surface area (Å²) in [4.78, 5) is 22.8. The number of halogens is 1. The molecule has 0 amide bonds. The molecule has 0 spiro atoms. The van der Waals surface area contributed by atoms with Gasteiger partial charge in [0, 0.05) is 31.7 Å². The molecule has 0 radical (unpaired) electrons. The van der Waals surface area contributed by atoms with E-state index in [2.05, 4.69) is 15.1 Å². The molecule has 0 fully saturated rings. The number of thiazole rings is 1. The van der Waals surface area contributed by atoms with Crippen molar-refractivity contribution in [1.29, 1.82) is 0 Å². The molecule has 0 aliphatic carbocycles. The first-order chi connectivity index (χ1) is 9.42. The molecule has 10 heteroatoms. The Morgan fingerprint density at radius 1 is 1.65 bits per heavy atom. The molecular weight excluding hydrogens is 304 g/mol. The third-order valence-electron chi connectivity index (χ3n) is 2.11. The fourth-order valence-electron chi connectivity index (χ4n) is 1.28. The molecule has 0 aliphatic rings. The van der Waals surface area contributed by atoms with Crippen LogP contribution in [0.2, 0.25) is 4.47 Å². The molecule has 0 unspecified atom stereocenters. The molecule has 8 nitrogen and oxygen atoms in total. The molecular formula is C10H15ClN6O2S. The number of hydrogen-bond acceptors (Lipinski definition) is 4. The van der Waals surface area contributed by atoms with Gasteiger partial charge in [-0.25, -0.2) is 15.1 Å². The van der Waals surface area contributed by atoms with E-state index in [0.717, 1.165) is 4.88 Å². The van der Waals surface area contributed by atoms with E-state index in [0.29, 0.717) is 17.6 Å². The summed E-state index contributed by atoms with van der Waals surface area (Å²) in [7, 11) is 3.54. The van der Waals surface area contributed by atoms with E-state index >= 15 is 0 Å². The lowest BCUT2D eigenvalue weighted by atomic mass is 10.4. The Morgan fingerprint density at radius 2 is 2.35 bits per heavy atom. The fraction of sp³-hybridized carbons (Fsp3) is 0.500. The van der Waals surface area contributed by atoms with Gasteiger partial charge in [-0.1, -0.05) is 11.6 Å². The van der Waals surface area contributed by atoms with E-state index in [1.54, 1.807) is 30.1 Å². The third-order valence-corrected chi connectivity index (χ3v) is 3.21. The van der Waals surface area contributed by atoms with Crippen molar-refractivity contribution in [3.05, 3.63) is 25.7 Å². The molecule has 0 bridgehead atoms. The highest BCUT2D eigenvalue weighted by Gasteiger charge is 2.15. The van der Waals surface area contributed by atoms with Gasteiger partial charge in [0.2, 0.25) is 0 Å². The summed E-state index contributed by atoms with van der Waals surface area (Å²) in [6, 6.07) is 0. The summed E-state index contributed by atoms with van der Waals surface area (Å²) in [6.07, 6.45) is 3.10. The molecule has 0 saturated heterocycles. The van der Waals surface area contributed by atoms with Gasteiger partial charge in [0.15, 0.2) is 9.50 Å². The molecule has 0 N–H and O–H groups in total. The minimum atomic E-state index is -0.759. The molecule has 1 aromatic heterocycles. The highest BCUT2D eigenvalue weighted by Crippen LogP contribution is 2.19. The highest BCUT2D eigenvalue weighted by atomic mass is 35.5. The second-order valence-electron chi connectivity index (χ2n) is 3.94. The maximum atomic E-state index is 10.6. The van der Waals surface area contributed by atoms with Gasteiger partial charge in [-0.05, 0) is 6.92 Å². The van der Waals surface area contributed by atoms with E-state index in [1.165, 1.54) is 17.7 Å². The second-order valence-corrected chi connectivity index (χ2v) is 5.64. The Hall–Kier alpha value is -1.74. The fourth-order valence-corrected chi connectivity index (χ4v) is 2.27. The van der Waals surface area contributed by atoms with Gasteiger partial charge in [-0.3, -0.25) is 0 Å². The number of nitrogens with zero attached hydrogens (tertiary/aromatic N) is 6. The van der Waals surface area contributed by atoms with Crippen molar-refractivity contribution in [1.82, 2.24) is 14.8 Å². The van der Waals surface area contributed by atoms with Crippen LogP contribution in [0.1, 0.15) is 11.8 Å². The summed E-state index contributed by atoms with van der Waals surface area (Å²) in [5, 5.41) is 13.2. The largest absolute Gasteiger partial charge is 0.369 e. The number of nitro groups is 1. The van der Waals surface area contributed by atoms with Crippen molar-refractivity contribution in [3.8, 4) is 0 Å². The SMILES string of the molecule is CCN(Cc1cnc(Cl)s1)C(N=CN(C)C)=N[N+](=O)[O-]. The maximum Gasteiger partial charge on any atom is 0.299 e. The first-order valence-electron chi connectivity index (χ1n) is 5.71. The van der Waals surface area contributed by atoms with Gasteiger partial charge in [-0.15, -0.1) is 11.3 Å². The van der Waals surface area contributed by atoms with E-state index < -0.39 is 5.03 Å². The summed E-state index contributed by atoms with van der Waals surface area (Å²) in [5.74, 6) is 0.0377. The van der Waals surface area contributed by atoms with Crippen LogP contribution in [0.5, 0.6) is 0 Å². The summed E-state index contributed by atoms with van der Waals surface area (Å²) < 4.78 is 0.431. The molecule has 0 aliphatic heterocycles. The van der Waals surface area contributed by atoms with E-state index in [4.69, 9.17) is 11.6 Å². The quantitative estimate of drug-likeness (QED) is 0.357. The minimum Gasteiger partial charge on any atom is -0.369 e. The van der Waals surface area contributed by atoms with Gasteiger partial charge in [0.25, 0.3) is 5.96 Å². The minimum absolute atomic E-state index is 0.0377. The lowest BCUT2D eigenvalue weighted by molar-refractivity contribution is -0.485. The zero-order chi connectivity index (χ0) is 15.1. The van der Waals surface area contributed by atoms with Crippen LogP contribution in [0.3, 0.4) is 0 Å². The number of hydrogen-bond donors (Lipinski definition) is 0. The third kappa shape index (κ3) is 5.49. The van der Waals surface area contributed by atoms with Crippen LogP contribution in [0.15, 0.2) is 16.3 Å². The van der Waals surface area contributed by atoms with Gasteiger partial charge in [0.1, 0.15) is 5.10 Å². The van der Waals surface area contributed by atoms with Gasteiger partial charge < -0.3 is 9.80 Å². The summed E-state index contributed by atoms with van der Waals surface area (Å²) >= 11 is 7.09. The predicted octanol–water partition coefficient (Wildman–Crippen LogP) is 1.76. The normalized spacial score (nSPS) is 11.9. The van der Waals surface area contributed by atoms with Gasteiger partial charge in [0.05, 0.1) is 12.9 Å². The van der Waals surface area contributed by atoms with Crippen LogP contribution in [0.4, 0.5) is 0 Å². The Labute approximate surface area is 125 Å². The molecule has 0 saturated carbocycles. The van der Waals surface area contributed by atoms with E-state index in [9.17, 15) is 10.1 Å². The van der Waals surface area contributed by atoms with Crippen molar-refractivity contribution < 1.29 is 5.03 Å². The molecule has 0 aromatic carbocycles.